The SMILES string of the molecule is CCN(C)CCNC(=O)C1CSCCN1. The lowest BCUT2D eigenvalue weighted by atomic mass is 10.3. The number of hydrogen-bond donors (Lipinski definition) is 2. The summed E-state index contributed by atoms with van der Waals surface area (Å²) in [6.45, 7) is 5.74. The van der Waals surface area contributed by atoms with Crippen molar-refractivity contribution in [3.8, 4) is 0 Å². The highest BCUT2D eigenvalue weighted by Crippen LogP contribution is 2.07. The van der Waals surface area contributed by atoms with Crippen LogP contribution in [0.5, 0.6) is 0 Å². The molecule has 0 spiro atoms. The molecule has 15 heavy (non-hydrogen) atoms. The summed E-state index contributed by atoms with van der Waals surface area (Å²) in [6, 6.07) is 0.00989. The van der Waals surface area contributed by atoms with E-state index < -0.39 is 0 Å². The third-order valence-corrected chi connectivity index (χ3v) is 3.63. The van der Waals surface area contributed by atoms with Crippen molar-refractivity contribution in [2.24, 2.45) is 0 Å². The molecule has 1 aliphatic heterocycles. The van der Waals surface area contributed by atoms with Gasteiger partial charge in [0, 0.05) is 31.1 Å². The fraction of sp³-hybridized carbons (Fsp3) is 0.900. The van der Waals surface area contributed by atoms with Gasteiger partial charge in [-0.05, 0) is 13.6 Å². The highest BCUT2D eigenvalue weighted by Gasteiger charge is 2.19. The molecule has 1 saturated heterocycles. The quantitative estimate of drug-likeness (QED) is 0.685. The molecule has 0 radical (unpaired) electrons. The highest BCUT2D eigenvalue weighted by atomic mass is 32.2. The van der Waals surface area contributed by atoms with E-state index in [1.807, 2.05) is 11.8 Å². The molecule has 2 N–H and O–H groups in total. The summed E-state index contributed by atoms with van der Waals surface area (Å²) in [5, 5.41) is 6.19. The van der Waals surface area contributed by atoms with Gasteiger partial charge in [0.15, 0.2) is 0 Å². The molecule has 1 amide bonds. The van der Waals surface area contributed by atoms with Crippen molar-refractivity contribution >= 4 is 17.7 Å². The molecule has 0 bridgehead atoms. The van der Waals surface area contributed by atoms with Crippen molar-refractivity contribution in [2.75, 3.05) is 44.7 Å². The number of rotatable bonds is 5. The third kappa shape index (κ3) is 4.86. The van der Waals surface area contributed by atoms with Gasteiger partial charge < -0.3 is 15.5 Å². The molecular weight excluding hydrogens is 210 g/mol. The van der Waals surface area contributed by atoms with Gasteiger partial charge in [-0.25, -0.2) is 0 Å². The summed E-state index contributed by atoms with van der Waals surface area (Å²) in [5.74, 6) is 2.16. The van der Waals surface area contributed by atoms with Crippen LogP contribution in [0.4, 0.5) is 0 Å². The molecule has 1 fully saturated rings. The van der Waals surface area contributed by atoms with Crippen molar-refractivity contribution < 1.29 is 4.79 Å². The lowest BCUT2D eigenvalue weighted by molar-refractivity contribution is -0.122. The molecule has 0 aromatic carbocycles. The molecule has 88 valence electrons. The highest BCUT2D eigenvalue weighted by molar-refractivity contribution is 7.99. The maximum atomic E-state index is 11.7. The van der Waals surface area contributed by atoms with Crippen LogP contribution in [-0.2, 0) is 4.79 Å². The molecule has 0 aromatic rings. The minimum Gasteiger partial charge on any atom is -0.353 e. The zero-order valence-electron chi connectivity index (χ0n) is 9.58. The Kier molecular flexibility index (Phi) is 6.05. The number of thioether (sulfide) groups is 1. The number of carbonyl (C=O) groups is 1. The Morgan fingerprint density at radius 3 is 3.07 bits per heavy atom. The second-order valence-electron chi connectivity index (χ2n) is 3.77. The van der Waals surface area contributed by atoms with Crippen LogP contribution in [0.2, 0.25) is 0 Å². The Bertz CT molecular complexity index is 195. The van der Waals surface area contributed by atoms with Crippen LogP contribution in [0, 0.1) is 0 Å². The minimum atomic E-state index is 0.00989. The summed E-state index contributed by atoms with van der Waals surface area (Å²) in [4.78, 5) is 13.8. The molecule has 1 atom stereocenters. The molecule has 0 saturated carbocycles. The van der Waals surface area contributed by atoms with E-state index in [1.165, 1.54) is 0 Å². The van der Waals surface area contributed by atoms with Crippen LogP contribution in [0.3, 0.4) is 0 Å². The van der Waals surface area contributed by atoms with Gasteiger partial charge >= 0.3 is 0 Å². The summed E-state index contributed by atoms with van der Waals surface area (Å²) < 4.78 is 0. The van der Waals surface area contributed by atoms with Gasteiger partial charge in [-0.2, -0.15) is 11.8 Å². The Balaban J connectivity index is 2.12. The first-order chi connectivity index (χ1) is 7.24. The van der Waals surface area contributed by atoms with E-state index in [0.717, 1.165) is 37.7 Å². The molecular formula is C10H21N3OS. The van der Waals surface area contributed by atoms with Crippen molar-refractivity contribution in [1.82, 2.24) is 15.5 Å². The van der Waals surface area contributed by atoms with Crippen LogP contribution >= 0.6 is 11.8 Å². The number of amides is 1. The third-order valence-electron chi connectivity index (χ3n) is 2.57. The minimum absolute atomic E-state index is 0.00989. The smallest absolute Gasteiger partial charge is 0.238 e. The van der Waals surface area contributed by atoms with Crippen molar-refractivity contribution in [2.45, 2.75) is 13.0 Å². The molecule has 1 unspecified atom stereocenters. The van der Waals surface area contributed by atoms with Gasteiger partial charge in [0.2, 0.25) is 5.91 Å². The largest absolute Gasteiger partial charge is 0.353 e. The summed E-state index contributed by atoms with van der Waals surface area (Å²) in [5.41, 5.74) is 0. The van der Waals surface area contributed by atoms with Crippen LogP contribution in [0.15, 0.2) is 0 Å². The molecule has 1 aliphatic rings. The molecule has 4 nitrogen and oxygen atoms in total. The van der Waals surface area contributed by atoms with E-state index >= 15 is 0 Å². The predicted octanol–water partition coefficient (Wildman–Crippen LogP) is -0.241. The second-order valence-corrected chi connectivity index (χ2v) is 4.92. The molecule has 1 rings (SSSR count). The average molecular weight is 231 g/mol. The van der Waals surface area contributed by atoms with Crippen LogP contribution in [-0.4, -0.2) is 61.6 Å². The molecule has 0 aliphatic carbocycles. The first kappa shape index (κ1) is 12.8. The van der Waals surface area contributed by atoms with E-state index in [0.29, 0.717) is 0 Å². The lowest BCUT2D eigenvalue weighted by Crippen LogP contribution is -2.50. The number of carbonyl (C=O) groups excluding carboxylic acids is 1. The van der Waals surface area contributed by atoms with Crippen LogP contribution in [0.25, 0.3) is 0 Å². The Morgan fingerprint density at radius 2 is 2.47 bits per heavy atom. The molecule has 1 heterocycles. The standard InChI is InChI=1S/C10H21N3OS/c1-3-13(2)6-4-12-10(14)9-8-15-7-5-11-9/h9,11H,3-8H2,1-2H3,(H,12,14). The van der Waals surface area contributed by atoms with E-state index in [2.05, 4.69) is 29.5 Å². The summed E-state index contributed by atoms with van der Waals surface area (Å²) in [6.07, 6.45) is 0. The Hall–Kier alpha value is -0.260. The van der Waals surface area contributed by atoms with Crippen molar-refractivity contribution in [3.63, 3.8) is 0 Å². The maximum absolute atomic E-state index is 11.7. The molecule has 0 aromatic heterocycles. The van der Waals surface area contributed by atoms with Gasteiger partial charge in [-0.3, -0.25) is 4.79 Å². The van der Waals surface area contributed by atoms with E-state index in [4.69, 9.17) is 0 Å². The fourth-order valence-electron chi connectivity index (χ4n) is 1.39. The van der Waals surface area contributed by atoms with Crippen molar-refractivity contribution in [1.29, 1.82) is 0 Å². The molecule has 5 heteroatoms. The van der Waals surface area contributed by atoms with E-state index in [-0.39, 0.29) is 11.9 Å². The summed E-state index contributed by atoms with van der Waals surface area (Å²) in [7, 11) is 2.06. The first-order valence-electron chi connectivity index (χ1n) is 5.51. The van der Waals surface area contributed by atoms with Gasteiger partial charge in [0.25, 0.3) is 0 Å². The maximum Gasteiger partial charge on any atom is 0.238 e. The Labute approximate surface area is 96.2 Å². The number of nitrogens with zero attached hydrogens (tertiary/aromatic N) is 1. The van der Waals surface area contributed by atoms with Gasteiger partial charge in [-0.1, -0.05) is 6.92 Å². The summed E-state index contributed by atoms with van der Waals surface area (Å²) >= 11 is 1.84. The van der Waals surface area contributed by atoms with E-state index in [9.17, 15) is 4.79 Å². The zero-order valence-corrected chi connectivity index (χ0v) is 10.4. The first-order valence-corrected chi connectivity index (χ1v) is 6.67. The number of hydrogen-bond acceptors (Lipinski definition) is 4. The topological polar surface area (TPSA) is 44.4 Å². The zero-order chi connectivity index (χ0) is 11.1. The number of nitrogens with one attached hydrogen (secondary N) is 2. The van der Waals surface area contributed by atoms with Crippen LogP contribution in [0.1, 0.15) is 6.92 Å². The van der Waals surface area contributed by atoms with Crippen LogP contribution < -0.4 is 10.6 Å². The van der Waals surface area contributed by atoms with Crippen molar-refractivity contribution in [3.05, 3.63) is 0 Å². The normalized spacial score (nSPS) is 21.7. The predicted molar refractivity (Wildman–Crippen MR) is 65.3 cm³/mol. The monoisotopic (exact) mass is 231 g/mol. The lowest BCUT2D eigenvalue weighted by Gasteiger charge is -2.22. The van der Waals surface area contributed by atoms with Gasteiger partial charge in [0.1, 0.15) is 0 Å². The Morgan fingerprint density at radius 1 is 1.67 bits per heavy atom. The van der Waals surface area contributed by atoms with Gasteiger partial charge in [-0.15, -0.1) is 0 Å². The van der Waals surface area contributed by atoms with E-state index in [1.54, 1.807) is 0 Å². The van der Waals surface area contributed by atoms with Gasteiger partial charge in [0.05, 0.1) is 6.04 Å². The fourth-order valence-corrected chi connectivity index (χ4v) is 2.32. The number of likely N-dealkylation sites (N-methyl/N-ethyl adjacent to an activating group) is 1. The average Bonchev–Trinajstić information content (AvgIpc) is 2.29. The second kappa shape index (κ2) is 7.09.